The molecule has 0 unspecified atom stereocenters. The van der Waals surface area contributed by atoms with Crippen molar-refractivity contribution < 1.29 is 4.79 Å². The van der Waals surface area contributed by atoms with E-state index in [-0.39, 0.29) is 5.91 Å². The van der Waals surface area contributed by atoms with E-state index in [0.717, 1.165) is 44.8 Å². The Morgan fingerprint density at radius 3 is 2.57 bits per heavy atom. The van der Waals surface area contributed by atoms with Gasteiger partial charge in [-0.15, -0.1) is 11.3 Å². The first-order valence-corrected chi connectivity index (χ1v) is 10.9. The third kappa shape index (κ3) is 3.08. The highest BCUT2D eigenvalue weighted by Gasteiger charge is 2.28. The third-order valence-corrected chi connectivity index (χ3v) is 7.04. The van der Waals surface area contributed by atoms with Gasteiger partial charge >= 0.3 is 0 Å². The summed E-state index contributed by atoms with van der Waals surface area (Å²) in [7, 11) is 2.17. The van der Waals surface area contributed by atoms with Crippen LogP contribution < -0.4 is 9.80 Å². The van der Waals surface area contributed by atoms with Gasteiger partial charge in [0.05, 0.1) is 9.21 Å². The first-order chi connectivity index (χ1) is 13.6. The first-order valence-electron chi connectivity index (χ1n) is 9.66. The van der Waals surface area contributed by atoms with Gasteiger partial charge in [-0.05, 0) is 54.8 Å². The van der Waals surface area contributed by atoms with Crippen molar-refractivity contribution in [1.82, 2.24) is 4.90 Å². The van der Waals surface area contributed by atoms with E-state index in [4.69, 9.17) is 11.6 Å². The lowest BCUT2D eigenvalue weighted by Gasteiger charge is -2.34. The molecule has 0 aliphatic carbocycles. The zero-order chi connectivity index (χ0) is 19.3. The maximum Gasteiger partial charge on any atom is 0.268 e. The van der Waals surface area contributed by atoms with Crippen molar-refractivity contribution in [3.8, 4) is 0 Å². The quantitative estimate of drug-likeness (QED) is 0.620. The van der Waals surface area contributed by atoms with Crippen LogP contribution in [-0.2, 0) is 6.42 Å². The van der Waals surface area contributed by atoms with Crippen LogP contribution in [0.1, 0.15) is 15.2 Å². The second kappa shape index (κ2) is 7.07. The monoisotopic (exact) mass is 411 g/mol. The van der Waals surface area contributed by atoms with Gasteiger partial charge in [-0.2, -0.15) is 0 Å². The molecule has 3 heterocycles. The maximum atomic E-state index is 13.0. The van der Waals surface area contributed by atoms with Crippen molar-refractivity contribution >= 4 is 51.0 Å². The Balaban J connectivity index is 1.55. The predicted octanol–water partition coefficient (Wildman–Crippen LogP) is 4.51. The average Bonchev–Trinajstić information content (AvgIpc) is 3.32. The molecule has 3 aromatic rings. The minimum absolute atomic E-state index is 0.0482. The van der Waals surface area contributed by atoms with E-state index in [9.17, 15) is 4.79 Å². The van der Waals surface area contributed by atoms with Crippen LogP contribution in [0, 0.1) is 0 Å². The molecule has 2 aliphatic heterocycles. The second-order valence-electron chi connectivity index (χ2n) is 7.58. The number of thiophene rings is 1. The molecule has 6 heteroatoms. The van der Waals surface area contributed by atoms with Crippen LogP contribution in [0.4, 0.5) is 11.4 Å². The number of rotatable bonds is 2. The number of hydrogen-bond donors (Lipinski definition) is 0. The van der Waals surface area contributed by atoms with E-state index >= 15 is 0 Å². The normalized spacial score (nSPS) is 17.4. The lowest BCUT2D eigenvalue weighted by atomic mass is 10.0. The number of halogens is 1. The summed E-state index contributed by atoms with van der Waals surface area (Å²) in [5.74, 6) is 0.0482. The molecule has 1 saturated heterocycles. The molecule has 0 saturated carbocycles. The summed E-state index contributed by atoms with van der Waals surface area (Å²) in [6.07, 6.45) is 0.898. The standard InChI is InChI=1S/C22H22ClN3OS/c1-24-9-11-25(12-10-24)18-4-2-3-15-13-16-7-8-26(19(16)14-17(15)18)22(27)20-5-6-21(23)28-20/h2-6,13-14H,7-12H2,1H3. The lowest BCUT2D eigenvalue weighted by molar-refractivity contribution is 0.0993. The molecule has 5 rings (SSSR count). The predicted molar refractivity (Wildman–Crippen MR) is 118 cm³/mol. The fourth-order valence-electron chi connectivity index (χ4n) is 4.25. The molecule has 1 fully saturated rings. The fourth-order valence-corrected chi connectivity index (χ4v) is 5.24. The fraction of sp³-hybridized carbons (Fsp3) is 0.318. The summed E-state index contributed by atoms with van der Waals surface area (Å²) in [5.41, 5.74) is 3.56. The van der Waals surface area contributed by atoms with Crippen LogP contribution in [-0.4, -0.2) is 50.6 Å². The second-order valence-corrected chi connectivity index (χ2v) is 9.30. The molecular weight excluding hydrogens is 390 g/mol. The Bertz CT molecular complexity index is 1060. The number of benzene rings is 2. The third-order valence-electron chi connectivity index (χ3n) is 5.83. The van der Waals surface area contributed by atoms with Crippen LogP contribution in [0.5, 0.6) is 0 Å². The highest BCUT2D eigenvalue weighted by atomic mass is 35.5. The van der Waals surface area contributed by atoms with Gasteiger partial charge in [0.25, 0.3) is 5.91 Å². The Labute approximate surface area is 173 Å². The minimum atomic E-state index is 0.0482. The number of piperazine rings is 1. The smallest absolute Gasteiger partial charge is 0.268 e. The molecule has 0 N–H and O–H groups in total. The van der Waals surface area contributed by atoms with Gasteiger partial charge in [0.1, 0.15) is 0 Å². The van der Waals surface area contributed by atoms with Crippen molar-refractivity contribution in [2.75, 3.05) is 49.6 Å². The van der Waals surface area contributed by atoms with E-state index in [1.165, 1.54) is 33.4 Å². The van der Waals surface area contributed by atoms with E-state index in [2.05, 4.69) is 47.2 Å². The zero-order valence-electron chi connectivity index (χ0n) is 15.8. The van der Waals surface area contributed by atoms with Gasteiger partial charge in [-0.3, -0.25) is 4.79 Å². The number of likely N-dealkylation sites (N-methyl/N-ethyl adjacent to an activating group) is 1. The Hall–Kier alpha value is -2.08. The molecule has 2 aromatic carbocycles. The van der Waals surface area contributed by atoms with Gasteiger partial charge in [-0.25, -0.2) is 0 Å². The number of nitrogens with zero attached hydrogens (tertiary/aromatic N) is 3. The highest BCUT2D eigenvalue weighted by Crippen LogP contribution is 2.38. The topological polar surface area (TPSA) is 26.8 Å². The highest BCUT2D eigenvalue weighted by molar-refractivity contribution is 7.18. The molecule has 1 aromatic heterocycles. The number of fused-ring (bicyclic) bond motifs is 2. The largest absolute Gasteiger partial charge is 0.368 e. The number of anilines is 2. The van der Waals surface area contributed by atoms with Crippen LogP contribution in [0.15, 0.2) is 42.5 Å². The zero-order valence-corrected chi connectivity index (χ0v) is 17.4. The molecule has 4 nitrogen and oxygen atoms in total. The number of hydrogen-bond acceptors (Lipinski definition) is 4. The Kier molecular flexibility index (Phi) is 4.54. The van der Waals surface area contributed by atoms with Crippen molar-refractivity contribution in [3.05, 3.63) is 57.2 Å². The van der Waals surface area contributed by atoms with E-state index in [1.807, 2.05) is 11.0 Å². The molecule has 2 aliphatic rings. The summed E-state index contributed by atoms with van der Waals surface area (Å²) in [4.78, 5) is 20.5. The van der Waals surface area contributed by atoms with Crippen molar-refractivity contribution in [2.45, 2.75) is 6.42 Å². The van der Waals surface area contributed by atoms with Crippen molar-refractivity contribution in [1.29, 1.82) is 0 Å². The molecule has 28 heavy (non-hydrogen) atoms. The Morgan fingerprint density at radius 2 is 1.82 bits per heavy atom. The van der Waals surface area contributed by atoms with Gasteiger partial charge in [0, 0.05) is 49.5 Å². The SMILES string of the molecule is CN1CCN(c2cccc3cc4c(cc23)N(C(=O)c2ccc(Cl)s2)CC4)CC1. The average molecular weight is 412 g/mol. The van der Waals surface area contributed by atoms with E-state index < -0.39 is 0 Å². The van der Waals surface area contributed by atoms with E-state index in [1.54, 1.807) is 6.07 Å². The summed E-state index contributed by atoms with van der Waals surface area (Å²) in [5, 5.41) is 2.48. The molecule has 144 valence electrons. The van der Waals surface area contributed by atoms with Crippen LogP contribution in [0.25, 0.3) is 10.8 Å². The maximum absolute atomic E-state index is 13.0. The van der Waals surface area contributed by atoms with Crippen molar-refractivity contribution in [2.24, 2.45) is 0 Å². The number of amides is 1. The summed E-state index contributed by atoms with van der Waals surface area (Å²) >= 11 is 7.39. The molecule has 0 spiro atoms. The van der Waals surface area contributed by atoms with E-state index in [0.29, 0.717) is 9.21 Å². The van der Waals surface area contributed by atoms with Gasteiger partial charge in [-0.1, -0.05) is 23.7 Å². The van der Waals surface area contributed by atoms with Gasteiger partial charge < -0.3 is 14.7 Å². The lowest BCUT2D eigenvalue weighted by Crippen LogP contribution is -2.44. The van der Waals surface area contributed by atoms with Crippen LogP contribution in [0.2, 0.25) is 4.34 Å². The van der Waals surface area contributed by atoms with Gasteiger partial charge in [0.2, 0.25) is 0 Å². The Morgan fingerprint density at radius 1 is 1.00 bits per heavy atom. The molecular formula is C22H22ClN3OS. The van der Waals surface area contributed by atoms with Crippen molar-refractivity contribution in [3.63, 3.8) is 0 Å². The first kappa shape index (κ1) is 18.0. The van der Waals surface area contributed by atoms with Gasteiger partial charge in [0.15, 0.2) is 0 Å². The van der Waals surface area contributed by atoms with Crippen LogP contribution in [0.3, 0.4) is 0 Å². The summed E-state index contributed by atoms with van der Waals surface area (Å²) in [6, 6.07) is 14.6. The molecule has 1 amide bonds. The summed E-state index contributed by atoms with van der Waals surface area (Å²) in [6.45, 7) is 4.94. The number of carbonyl (C=O) groups is 1. The van der Waals surface area contributed by atoms with Crippen LogP contribution >= 0.6 is 22.9 Å². The minimum Gasteiger partial charge on any atom is -0.368 e. The molecule has 0 atom stereocenters. The summed E-state index contributed by atoms with van der Waals surface area (Å²) < 4.78 is 0.652. The molecule has 0 bridgehead atoms. The molecule has 0 radical (unpaired) electrons. The number of carbonyl (C=O) groups excluding carboxylic acids is 1.